The molecular formula is C16H16N4S. The molecular weight excluding hydrogens is 280 g/mol. The lowest BCUT2D eigenvalue weighted by atomic mass is 10.2. The van der Waals surface area contributed by atoms with Gasteiger partial charge in [-0.2, -0.15) is 0 Å². The van der Waals surface area contributed by atoms with Gasteiger partial charge in [0.15, 0.2) is 11.0 Å². The summed E-state index contributed by atoms with van der Waals surface area (Å²) in [6.07, 6.45) is 3.55. The number of thioether (sulfide) groups is 1. The Kier molecular flexibility index (Phi) is 4.01. The van der Waals surface area contributed by atoms with Gasteiger partial charge in [0, 0.05) is 23.6 Å². The standard InChI is InChI=1S/C16H16N4S/c1-3-21-16-19-18-15(13-7-9-17-10-8-13)20(16)14-6-4-5-12(2)11-14/h4-11H,3H2,1-2H3. The van der Waals surface area contributed by atoms with Crippen LogP contribution >= 0.6 is 11.8 Å². The van der Waals surface area contributed by atoms with Gasteiger partial charge < -0.3 is 0 Å². The molecule has 1 aromatic carbocycles. The molecule has 0 unspecified atom stereocenters. The molecule has 0 aliphatic heterocycles. The van der Waals surface area contributed by atoms with Crippen molar-refractivity contribution in [3.05, 3.63) is 54.4 Å². The molecule has 0 bridgehead atoms. The first-order valence-corrected chi connectivity index (χ1v) is 7.84. The molecule has 0 amide bonds. The summed E-state index contributed by atoms with van der Waals surface area (Å²) in [6.45, 7) is 4.21. The molecule has 0 fully saturated rings. The fraction of sp³-hybridized carbons (Fsp3) is 0.188. The van der Waals surface area contributed by atoms with Crippen molar-refractivity contribution in [3.8, 4) is 17.1 Å². The van der Waals surface area contributed by atoms with E-state index in [-0.39, 0.29) is 0 Å². The molecule has 2 aromatic heterocycles. The monoisotopic (exact) mass is 296 g/mol. The van der Waals surface area contributed by atoms with E-state index in [9.17, 15) is 0 Å². The molecule has 0 N–H and O–H groups in total. The van der Waals surface area contributed by atoms with Crippen LogP contribution in [-0.4, -0.2) is 25.5 Å². The van der Waals surface area contributed by atoms with E-state index in [2.05, 4.69) is 57.9 Å². The second-order valence-corrected chi connectivity index (χ2v) is 5.88. The van der Waals surface area contributed by atoms with Crippen molar-refractivity contribution in [3.63, 3.8) is 0 Å². The highest BCUT2D eigenvalue weighted by molar-refractivity contribution is 7.99. The fourth-order valence-electron chi connectivity index (χ4n) is 2.18. The molecule has 106 valence electrons. The first-order valence-electron chi connectivity index (χ1n) is 6.85. The first kappa shape index (κ1) is 13.8. The van der Waals surface area contributed by atoms with Gasteiger partial charge in [0.1, 0.15) is 0 Å². The highest BCUT2D eigenvalue weighted by atomic mass is 32.2. The second kappa shape index (κ2) is 6.10. The molecule has 0 spiro atoms. The molecule has 3 rings (SSSR count). The quantitative estimate of drug-likeness (QED) is 0.688. The van der Waals surface area contributed by atoms with Gasteiger partial charge in [-0.1, -0.05) is 30.8 Å². The van der Waals surface area contributed by atoms with E-state index in [1.54, 1.807) is 24.2 Å². The smallest absolute Gasteiger partial charge is 0.196 e. The lowest BCUT2D eigenvalue weighted by molar-refractivity contribution is 0.886. The Balaban J connectivity index is 2.18. The molecule has 0 radical (unpaired) electrons. The van der Waals surface area contributed by atoms with Crippen LogP contribution in [0.1, 0.15) is 12.5 Å². The van der Waals surface area contributed by atoms with Crippen molar-refractivity contribution in [2.75, 3.05) is 5.75 Å². The molecule has 0 aliphatic rings. The van der Waals surface area contributed by atoms with Crippen LogP contribution in [0.25, 0.3) is 17.1 Å². The van der Waals surface area contributed by atoms with Crippen LogP contribution in [0.15, 0.2) is 53.9 Å². The number of nitrogens with zero attached hydrogens (tertiary/aromatic N) is 4. The summed E-state index contributed by atoms with van der Waals surface area (Å²) in [5, 5.41) is 9.63. The van der Waals surface area contributed by atoms with E-state index in [0.29, 0.717) is 0 Å². The summed E-state index contributed by atoms with van der Waals surface area (Å²) in [5.41, 5.74) is 3.32. The summed E-state index contributed by atoms with van der Waals surface area (Å²) in [7, 11) is 0. The normalized spacial score (nSPS) is 10.8. The van der Waals surface area contributed by atoms with E-state index in [1.807, 2.05) is 12.1 Å². The van der Waals surface area contributed by atoms with Gasteiger partial charge in [-0.25, -0.2) is 0 Å². The van der Waals surface area contributed by atoms with E-state index in [4.69, 9.17) is 0 Å². The van der Waals surface area contributed by atoms with E-state index < -0.39 is 0 Å². The van der Waals surface area contributed by atoms with Crippen molar-refractivity contribution >= 4 is 11.8 Å². The number of hydrogen-bond acceptors (Lipinski definition) is 4. The molecule has 21 heavy (non-hydrogen) atoms. The minimum absolute atomic E-state index is 0.846. The van der Waals surface area contributed by atoms with Gasteiger partial charge in [-0.15, -0.1) is 10.2 Å². The molecule has 5 heteroatoms. The van der Waals surface area contributed by atoms with Crippen molar-refractivity contribution < 1.29 is 0 Å². The summed E-state index contributed by atoms with van der Waals surface area (Å²) >= 11 is 1.69. The van der Waals surface area contributed by atoms with Crippen molar-refractivity contribution in [2.45, 2.75) is 19.0 Å². The van der Waals surface area contributed by atoms with Crippen LogP contribution in [-0.2, 0) is 0 Å². The second-order valence-electron chi connectivity index (χ2n) is 4.65. The number of pyridine rings is 1. The largest absolute Gasteiger partial charge is 0.270 e. The summed E-state index contributed by atoms with van der Waals surface area (Å²) in [4.78, 5) is 4.07. The van der Waals surface area contributed by atoms with Gasteiger partial charge in [-0.05, 0) is 42.5 Å². The maximum atomic E-state index is 4.38. The zero-order chi connectivity index (χ0) is 14.7. The minimum atomic E-state index is 0.846. The zero-order valence-corrected chi connectivity index (χ0v) is 12.8. The maximum absolute atomic E-state index is 4.38. The Hall–Kier alpha value is -2.14. The van der Waals surface area contributed by atoms with Gasteiger partial charge in [0.05, 0.1) is 0 Å². The lowest BCUT2D eigenvalue weighted by Gasteiger charge is -2.10. The molecule has 0 saturated heterocycles. The third-order valence-corrected chi connectivity index (χ3v) is 3.92. The Labute approximate surface area is 128 Å². The Morgan fingerprint density at radius 3 is 2.62 bits per heavy atom. The van der Waals surface area contributed by atoms with E-state index >= 15 is 0 Å². The fourth-order valence-corrected chi connectivity index (χ4v) is 2.86. The number of aromatic nitrogens is 4. The van der Waals surface area contributed by atoms with Gasteiger partial charge >= 0.3 is 0 Å². The van der Waals surface area contributed by atoms with Crippen molar-refractivity contribution in [1.29, 1.82) is 0 Å². The topological polar surface area (TPSA) is 43.6 Å². The molecule has 0 saturated carbocycles. The molecule has 3 aromatic rings. The third kappa shape index (κ3) is 2.83. The molecule has 2 heterocycles. The Morgan fingerprint density at radius 2 is 1.90 bits per heavy atom. The lowest BCUT2D eigenvalue weighted by Crippen LogP contribution is -2.00. The third-order valence-electron chi connectivity index (χ3n) is 3.11. The summed E-state index contributed by atoms with van der Waals surface area (Å²) in [5.74, 6) is 1.80. The van der Waals surface area contributed by atoms with Crippen LogP contribution in [0.5, 0.6) is 0 Å². The molecule has 4 nitrogen and oxygen atoms in total. The number of aryl methyl sites for hydroxylation is 1. The van der Waals surface area contributed by atoms with Gasteiger partial charge in [0.25, 0.3) is 0 Å². The van der Waals surface area contributed by atoms with Crippen LogP contribution in [0, 0.1) is 6.92 Å². The van der Waals surface area contributed by atoms with Crippen molar-refractivity contribution in [1.82, 2.24) is 19.7 Å². The highest BCUT2D eigenvalue weighted by Crippen LogP contribution is 2.27. The average molecular weight is 296 g/mol. The highest BCUT2D eigenvalue weighted by Gasteiger charge is 2.15. The number of benzene rings is 1. The molecule has 0 aliphatic carbocycles. The first-order chi connectivity index (χ1) is 10.3. The maximum Gasteiger partial charge on any atom is 0.196 e. The summed E-state index contributed by atoms with van der Waals surface area (Å²) < 4.78 is 2.11. The minimum Gasteiger partial charge on any atom is -0.270 e. The van der Waals surface area contributed by atoms with Gasteiger partial charge in [0.2, 0.25) is 0 Å². The SMILES string of the molecule is CCSc1nnc(-c2ccncc2)n1-c1cccc(C)c1. The van der Waals surface area contributed by atoms with Crippen LogP contribution in [0.3, 0.4) is 0 Å². The van der Waals surface area contributed by atoms with E-state index in [1.165, 1.54) is 5.56 Å². The van der Waals surface area contributed by atoms with Crippen molar-refractivity contribution in [2.24, 2.45) is 0 Å². The van der Waals surface area contributed by atoms with E-state index in [0.717, 1.165) is 28.0 Å². The zero-order valence-electron chi connectivity index (χ0n) is 12.0. The number of rotatable bonds is 4. The average Bonchev–Trinajstić information content (AvgIpc) is 2.92. The molecule has 0 atom stereocenters. The predicted octanol–water partition coefficient (Wildman–Crippen LogP) is 3.75. The Morgan fingerprint density at radius 1 is 1.10 bits per heavy atom. The number of hydrogen-bond donors (Lipinski definition) is 0. The van der Waals surface area contributed by atoms with Crippen LogP contribution < -0.4 is 0 Å². The summed E-state index contributed by atoms with van der Waals surface area (Å²) in [6, 6.07) is 12.3. The van der Waals surface area contributed by atoms with Gasteiger partial charge in [-0.3, -0.25) is 9.55 Å². The van der Waals surface area contributed by atoms with Crippen LogP contribution in [0.4, 0.5) is 0 Å². The Bertz CT molecular complexity index is 737. The van der Waals surface area contributed by atoms with Crippen LogP contribution in [0.2, 0.25) is 0 Å². The predicted molar refractivity (Wildman–Crippen MR) is 85.7 cm³/mol.